The molecule has 2 aromatic rings. The summed E-state index contributed by atoms with van der Waals surface area (Å²) in [7, 11) is 0. The molecule has 3 heteroatoms. The van der Waals surface area contributed by atoms with Gasteiger partial charge in [0.15, 0.2) is 0 Å². The zero-order valence-electron chi connectivity index (χ0n) is 9.58. The van der Waals surface area contributed by atoms with Gasteiger partial charge < -0.3 is 10.8 Å². The Morgan fingerprint density at radius 1 is 1.12 bits per heavy atom. The number of nitrogens with zero attached hydrogens (tertiary/aromatic N) is 1. The first-order valence-electron chi connectivity index (χ1n) is 5.68. The molecule has 0 saturated carbocycles. The lowest BCUT2D eigenvalue weighted by molar-refractivity contribution is 0.220. The number of aliphatic hydroxyl groups is 1. The number of hydrogen-bond donors (Lipinski definition) is 2. The van der Waals surface area contributed by atoms with Crippen LogP contribution in [0.5, 0.6) is 0 Å². The van der Waals surface area contributed by atoms with E-state index in [9.17, 15) is 5.11 Å². The molecule has 3 N–H and O–H groups in total. The van der Waals surface area contributed by atoms with Crippen molar-refractivity contribution >= 4 is 0 Å². The van der Waals surface area contributed by atoms with Crippen LogP contribution in [0, 0.1) is 0 Å². The van der Waals surface area contributed by atoms with E-state index in [2.05, 4.69) is 4.98 Å². The minimum Gasteiger partial charge on any atom is -0.384 e. The van der Waals surface area contributed by atoms with Gasteiger partial charge >= 0.3 is 0 Å². The highest BCUT2D eigenvalue weighted by Gasteiger charge is 2.09. The van der Waals surface area contributed by atoms with Crippen LogP contribution in [0.15, 0.2) is 48.8 Å². The quantitative estimate of drug-likeness (QED) is 0.836. The van der Waals surface area contributed by atoms with Gasteiger partial charge in [0.05, 0.1) is 0 Å². The number of aliphatic hydroxyl groups excluding tert-OH is 1. The number of benzene rings is 1. The zero-order chi connectivity index (χ0) is 12.1. The Labute approximate surface area is 101 Å². The summed E-state index contributed by atoms with van der Waals surface area (Å²) in [4.78, 5) is 4.00. The lowest BCUT2D eigenvalue weighted by atomic mass is 10.0. The second-order valence-corrected chi connectivity index (χ2v) is 3.97. The number of rotatable bonds is 4. The van der Waals surface area contributed by atoms with E-state index in [1.807, 2.05) is 36.4 Å². The molecule has 0 aliphatic rings. The fraction of sp³-hybridized carbons (Fsp3) is 0.214. The first-order chi connectivity index (χ1) is 8.31. The van der Waals surface area contributed by atoms with Crippen LogP contribution in [0.3, 0.4) is 0 Å². The molecule has 1 heterocycles. The molecule has 17 heavy (non-hydrogen) atoms. The fourth-order valence-electron chi connectivity index (χ4n) is 1.76. The lowest BCUT2D eigenvalue weighted by Crippen LogP contribution is -2.04. The van der Waals surface area contributed by atoms with Gasteiger partial charge in [0, 0.05) is 18.0 Å². The van der Waals surface area contributed by atoms with Gasteiger partial charge in [-0.2, -0.15) is 0 Å². The molecule has 0 aliphatic heterocycles. The maximum absolute atomic E-state index is 10.1. The second-order valence-electron chi connectivity index (χ2n) is 3.97. The summed E-state index contributed by atoms with van der Waals surface area (Å²) in [5.41, 5.74) is 8.36. The second kappa shape index (κ2) is 5.57. The predicted octanol–water partition coefficient (Wildman–Crippen LogP) is 1.66. The van der Waals surface area contributed by atoms with Crippen molar-refractivity contribution in [3.63, 3.8) is 0 Å². The monoisotopic (exact) mass is 228 g/mol. The van der Waals surface area contributed by atoms with Gasteiger partial charge in [-0.25, -0.2) is 0 Å². The average molecular weight is 228 g/mol. The maximum atomic E-state index is 10.1. The van der Waals surface area contributed by atoms with Crippen molar-refractivity contribution in [1.29, 1.82) is 0 Å². The molecule has 3 nitrogen and oxygen atoms in total. The van der Waals surface area contributed by atoms with Crippen LogP contribution in [-0.4, -0.2) is 16.6 Å². The summed E-state index contributed by atoms with van der Waals surface area (Å²) >= 11 is 0. The van der Waals surface area contributed by atoms with Gasteiger partial charge in [-0.1, -0.05) is 30.3 Å². The molecule has 88 valence electrons. The van der Waals surface area contributed by atoms with Crippen molar-refractivity contribution in [1.82, 2.24) is 4.98 Å². The minimum absolute atomic E-state index is 0.615. The third-order valence-electron chi connectivity index (χ3n) is 2.73. The fourth-order valence-corrected chi connectivity index (χ4v) is 1.76. The van der Waals surface area contributed by atoms with Crippen LogP contribution in [0.1, 0.15) is 22.8 Å². The van der Waals surface area contributed by atoms with E-state index in [0.29, 0.717) is 6.54 Å². The van der Waals surface area contributed by atoms with E-state index < -0.39 is 6.10 Å². The predicted molar refractivity (Wildman–Crippen MR) is 67.5 cm³/mol. The van der Waals surface area contributed by atoms with E-state index >= 15 is 0 Å². The smallest absolute Gasteiger partial charge is 0.106 e. The maximum Gasteiger partial charge on any atom is 0.106 e. The molecular weight excluding hydrogens is 212 g/mol. The summed E-state index contributed by atoms with van der Waals surface area (Å²) < 4.78 is 0. The topological polar surface area (TPSA) is 59.1 Å². The molecule has 2 rings (SSSR count). The Morgan fingerprint density at radius 3 is 2.47 bits per heavy atom. The molecule has 1 aromatic carbocycles. The lowest BCUT2D eigenvalue weighted by Gasteiger charge is -2.11. The Bertz CT molecular complexity index is 453. The van der Waals surface area contributed by atoms with Gasteiger partial charge in [-0.15, -0.1) is 0 Å². The Kier molecular flexibility index (Phi) is 3.85. The molecule has 0 saturated heterocycles. The first kappa shape index (κ1) is 11.8. The van der Waals surface area contributed by atoms with Crippen molar-refractivity contribution < 1.29 is 5.11 Å². The van der Waals surface area contributed by atoms with Crippen LogP contribution >= 0.6 is 0 Å². The van der Waals surface area contributed by atoms with E-state index in [0.717, 1.165) is 17.5 Å². The highest BCUT2D eigenvalue weighted by molar-refractivity contribution is 5.30. The Hall–Kier alpha value is -1.71. The molecule has 0 bridgehead atoms. The van der Waals surface area contributed by atoms with Crippen molar-refractivity contribution in [2.75, 3.05) is 6.54 Å². The van der Waals surface area contributed by atoms with Crippen molar-refractivity contribution in [2.45, 2.75) is 12.5 Å². The average Bonchev–Trinajstić information content (AvgIpc) is 2.40. The van der Waals surface area contributed by atoms with Crippen LogP contribution in [0.2, 0.25) is 0 Å². The van der Waals surface area contributed by atoms with Gasteiger partial charge in [0.1, 0.15) is 6.10 Å². The zero-order valence-corrected chi connectivity index (χ0v) is 9.58. The van der Waals surface area contributed by atoms with Crippen molar-refractivity contribution in [3.8, 4) is 0 Å². The molecule has 0 radical (unpaired) electrons. The van der Waals surface area contributed by atoms with E-state index in [-0.39, 0.29) is 0 Å². The number of pyridine rings is 1. The van der Waals surface area contributed by atoms with E-state index in [1.54, 1.807) is 12.4 Å². The molecule has 0 amide bonds. The van der Waals surface area contributed by atoms with Gasteiger partial charge in [-0.3, -0.25) is 4.98 Å². The van der Waals surface area contributed by atoms with Crippen LogP contribution in [0.4, 0.5) is 0 Å². The molecule has 1 atom stereocenters. The minimum atomic E-state index is -0.615. The van der Waals surface area contributed by atoms with E-state index in [4.69, 9.17) is 5.73 Å². The van der Waals surface area contributed by atoms with Crippen LogP contribution in [-0.2, 0) is 6.42 Å². The number of hydrogen-bond acceptors (Lipinski definition) is 3. The normalized spacial score (nSPS) is 12.4. The standard InChI is InChI=1S/C14H16N2O/c15-8-7-11-3-5-12(6-4-11)14(17)13-2-1-9-16-10-13/h1-6,9-10,14,17H,7-8,15H2. The molecule has 1 unspecified atom stereocenters. The number of aromatic nitrogens is 1. The summed E-state index contributed by atoms with van der Waals surface area (Å²) in [5, 5.41) is 10.1. The molecular formula is C14H16N2O. The summed E-state index contributed by atoms with van der Waals surface area (Å²) in [6.07, 6.45) is 3.62. The Morgan fingerprint density at radius 2 is 1.88 bits per heavy atom. The highest BCUT2D eigenvalue weighted by atomic mass is 16.3. The first-order valence-corrected chi connectivity index (χ1v) is 5.68. The van der Waals surface area contributed by atoms with Gasteiger partial charge in [-0.05, 0) is 30.2 Å². The summed E-state index contributed by atoms with van der Waals surface area (Å²) in [6.45, 7) is 0.643. The van der Waals surface area contributed by atoms with Crippen molar-refractivity contribution in [2.24, 2.45) is 5.73 Å². The Balaban J connectivity index is 2.17. The van der Waals surface area contributed by atoms with Crippen LogP contribution < -0.4 is 5.73 Å². The third-order valence-corrected chi connectivity index (χ3v) is 2.73. The third kappa shape index (κ3) is 2.90. The summed E-state index contributed by atoms with van der Waals surface area (Å²) in [6, 6.07) is 11.6. The largest absolute Gasteiger partial charge is 0.384 e. The molecule has 0 spiro atoms. The number of nitrogens with two attached hydrogens (primary N) is 1. The van der Waals surface area contributed by atoms with Gasteiger partial charge in [0.25, 0.3) is 0 Å². The molecule has 0 aliphatic carbocycles. The van der Waals surface area contributed by atoms with Gasteiger partial charge in [0.2, 0.25) is 0 Å². The highest BCUT2D eigenvalue weighted by Crippen LogP contribution is 2.21. The molecule has 1 aromatic heterocycles. The SMILES string of the molecule is NCCc1ccc(C(O)c2cccnc2)cc1. The summed E-state index contributed by atoms with van der Waals surface area (Å²) in [5.74, 6) is 0. The van der Waals surface area contributed by atoms with Crippen molar-refractivity contribution in [3.05, 3.63) is 65.5 Å². The molecule has 0 fully saturated rings. The van der Waals surface area contributed by atoms with E-state index in [1.165, 1.54) is 5.56 Å². The van der Waals surface area contributed by atoms with Crippen LogP contribution in [0.25, 0.3) is 0 Å².